The topological polar surface area (TPSA) is 107 Å². The van der Waals surface area contributed by atoms with Crippen LogP contribution in [0.25, 0.3) is 0 Å². The molecule has 4 rings (SSSR count). The average Bonchev–Trinajstić information content (AvgIpc) is 3.38. The van der Waals surface area contributed by atoms with Crippen LogP contribution in [-0.4, -0.2) is 58.0 Å². The summed E-state index contributed by atoms with van der Waals surface area (Å²) in [6.07, 6.45) is 1.66. The van der Waals surface area contributed by atoms with Crippen molar-refractivity contribution in [1.29, 1.82) is 0 Å². The van der Waals surface area contributed by atoms with Crippen LogP contribution < -0.4 is 19.5 Å². The first-order valence-electron chi connectivity index (χ1n) is 11.4. The van der Waals surface area contributed by atoms with Crippen LogP contribution in [-0.2, 0) is 21.4 Å². The third kappa shape index (κ3) is 5.29. The van der Waals surface area contributed by atoms with Crippen molar-refractivity contribution >= 4 is 15.9 Å². The van der Waals surface area contributed by atoms with Crippen LogP contribution in [0.1, 0.15) is 17.2 Å². The van der Waals surface area contributed by atoms with Gasteiger partial charge in [0.05, 0.1) is 44.4 Å². The number of methoxy groups -OCH3 is 3. The van der Waals surface area contributed by atoms with Gasteiger partial charge in [0.25, 0.3) is 0 Å². The Balaban J connectivity index is 1.66. The Hall–Kier alpha value is -3.63. The van der Waals surface area contributed by atoms with Gasteiger partial charge in [-0.15, -0.1) is 0 Å². The van der Waals surface area contributed by atoms with E-state index in [2.05, 4.69) is 10.3 Å². The first-order valence-corrected chi connectivity index (χ1v) is 12.8. The lowest BCUT2D eigenvalue weighted by Gasteiger charge is -2.21. The fraction of sp³-hybridized carbons (Fsp3) is 0.308. The van der Waals surface area contributed by atoms with Gasteiger partial charge in [-0.05, 0) is 54.6 Å². The van der Waals surface area contributed by atoms with Crippen LogP contribution in [0.3, 0.4) is 0 Å². The summed E-state index contributed by atoms with van der Waals surface area (Å²) in [5.74, 6) is 0.348. The molecule has 2 atom stereocenters. The van der Waals surface area contributed by atoms with E-state index >= 15 is 0 Å². The Kier molecular flexibility index (Phi) is 7.76. The fourth-order valence-corrected chi connectivity index (χ4v) is 5.87. The zero-order valence-corrected chi connectivity index (χ0v) is 21.2. The van der Waals surface area contributed by atoms with Crippen molar-refractivity contribution in [2.75, 3.05) is 34.4 Å². The van der Waals surface area contributed by atoms with E-state index in [1.807, 2.05) is 12.1 Å². The van der Waals surface area contributed by atoms with Crippen molar-refractivity contribution in [2.24, 2.45) is 5.92 Å². The molecule has 0 radical (unpaired) electrons. The molecule has 1 saturated heterocycles. The van der Waals surface area contributed by atoms with Crippen LogP contribution >= 0.6 is 0 Å². The van der Waals surface area contributed by atoms with Gasteiger partial charge in [0, 0.05) is 30.8 Å². The second-order valence-electron chi connectivity index (χ2n) is 8.36. The first kappa shape index (κ1) is 25.5. The minimum absolute atomic E-state index is 0.0213. The maximum Gasteiger partial charge on any atom is 0.243 e. The molecule has 2 aromatic carbocycles. The SMILES string of the molecule is COc1ccc(S(=O)(=O)N2CC(C(=O)NCc3ccccn3)C(c3cc(OC)ccc3OC)C2)cc1. The van der Waals surface area contributed by atoms with Crippen molar-refractivity contribution in [3.8, 4) is 17.2 Å². The number of nitrogens with one attached hydrogen (secondary N) is 1. The first-order chi connectivity index (χ1) is 17.4. The molecule has 1 fully saturated rings. The number of carbonyl (C=O) groups is 1. The van der Waals surface area contributed by atoms with Crippen molar-refractivity contribution in [3.05, 3.63) is 78.1 Å². The second kappa shape index (κ2) is 11.0. The van der Waals surface area contributed by atoms with Crippen LogP contribution in [0.15, 0.2) is 71.8 Å². The highest BCUT2D eigenvalue weighted by atomic mass is 32.2. The molecule has 1 amide bonds. The number of aromatic nitrogens is 1. The second-order valence-corrected chi connectivity index (χ2v) is 10.3. The van der Waals surface area contributed by atoms with Gasteiger partial charge in [-0.25, -0.2) is 8.42 Å². The Morgan fingerprint density at radius 3 is 2.33 bits per heavy atom. The molecule has 190 valence electrons. The number of rotatable bonds is 9. The van der Waals surface area contributed by atoms with Crippen molar-refractivity contribution < 1.29 is 27.4 Å². The number of benzene rings is 2. The van der Waals surface area contributed by atoms with E-state index in [1.165, 1.54) is 23.5 Å². The predicted molar refractivity (Wildman–Crippen MR) is 134 cm³/mol. The molecule has 0 aliphatic carbocycles. The summed E-state index contributed by atoms with van der Waals surface area (Å²) in [6, 6.07) is 17.0. The highest BCUT2D eigenvalue weighted by Crippen LogP contribution is 2.41. The van der Waals surface area contributed by atoms with Gasteiger partial charge in [-0.2, -0.15) is 4.31 Å². The molecule has 1 N–H and O–H groups in total. The Morgan fingerprint density at radius 1 is 0.972 bits per heavy atom. The number of carbonyl (C=O) groups excluding carboxylic acids is 1. The van der Waals surface area contributed by atoms with Crippen molar-refractivity contribution in [3.63, 3.8) is 0 Å². The van der Waals surface area contributed by atoms with Gasteiger partial charge >= 0.3 is 0 Å². The maximum atomic E-state index is 13.5. The molecule has 9 nitrogen and oxygen atoms in total. The molecule has 2 heterocycles. The van der Waals surface area contributed by atoms with Gasteiger partial charge in [0.2, 0.25) is 15.9 Å². The van der Waals surface area contributed by atoms with Crippen LogP contribution in [0.5, 0.6) is 17.2 Å². The number of hydrogen-bond acceptors (Lipinski definition) is 7. The summed E-state index contributed by atoms with van der Waals surface area (Å²) < 4.78 is 44.5. The number of pyridine rings is 1. The Labute approximate surface area is 211 Å². The number of hydrogen-bond donors (Lipinski definition) is 1. The third-order valence-electron chi connectivity index (χ3n) is 6.33. The molecule has 10 heteroatoms. The highest BCUT2D eigenvalue weighted by Gasteiger charge is 2.44. The molecular weight excluding hydrogens is 482 g/mol. The van der Waals surface area contributed by atoms with Crippen LogP contribution in [0.2, 0.25) is 0 Å². The standard InChI is InChI=1S/C26H29N3O6S/c1-33-19-7-10-21(11-8-19)36(31,32)29-16-23(22-14-20(34-2)9-12-25(22)35-3)24(17-29)26(30)28-15-18-6-4-5-13-27-18/h4-14,23-24H,15-17H2,1-3H3,(H,28,30). The van der Waals surface area contributed by atoms with E-state index < -0.39 is 21.9 Å². The van der Waals surface area contributed by atoms with Crippen LogP contribution in [0, 0.1) is 5.92 Å². The van der Waals surface area contributed by atoms with Gasteiger partial charge in [0.1, 0.15) is 17.2 Å². The molecule has 0 spiro atoms. The minimum atomic E-state index is -3.86. The molecule has 2 unspecified atom stereocenters. The fourth-order valence-electron chi connectivity index (χ4n) is 4.38. The zero-order chi connectivity index (χ0) is 25.7. The summed E-state index contributed by atoms with van der Waals surface area (Å²) >= 11 is 0. The summed E-state index contributed by atoms with van der Waals surface area (Å²) in [4.78, 5) is 17.8. The lowest BCUT2D eigenvalue weighted by Crippen LogP contribution is -2.35. The number of sulfonamides is 1. The molecule has 1 aliphatic rings. The summed E-state index contributed by atoms with van der Waals surface area (Å²) in [5.41, 5.74) is 1.42. The average molecular weight is 512 g/mol. The largest absolute Gasteiger partial charge is 0.497 e. The number of nitrogens with zero attached hydrogens (tertiary/aromatic N) is 2. The molecule has 1 aromatic heterocycles. The molecule has 0 bridgehead atoms. The van der Waals surface area contributed by atoms with Gasteiger partial charge in [-0.1, -0.05) is 6.07 Å². The van der Waals surface area contributed by atoms with E-state index in [9.17, 15) is 13.2 Å². The normalized spacial score (nSPS) is 18.0. The molecular formula is C26H29N3O6S. The zero-order valence-electron chi connectivity index (χ0n) is 20.4. The smallest absolute Gasteiger partial charge is 0.243 e. The predicted octanol–water partition coefficient (Wildman–Crippen LogP) is 2.83. The van der Waals surface area contributed by atoms with E-state index in [0.29, 0.717) is 28.5 Å². The lowest BCUT2D eigenvalue weighted by atomic mass is 9.87. The van der Waals surface area contributed by atoms with Crippen molar-refractivity contribution in [2.45, 2.75) is 17.4 Å². The van der Waals surface area contributed by atoms with Crippen LogP contribution in [0.4, 0.5) is 0 Å². The minimum Gasteiger partial charge on any atom is -0.497 e. The van der Waals surface area contributed by atoms with E-state index in [1.54, 1.807) is 56.8 Å². The van der Waals surface area contributed by atoms with E-state index in [-0.39, 0.29) is 30.4 Å². The molecule has 0 saturated carbocycles. The highest BCUT2D eigenvalue weighted by molar-refractivity contribution is 7.89. The van der Waals surface area contributed by atoms with Gasteiger partial charge in [0.15, 0.2) is 0 Å². The summed E-state index contributed by atoms with van der Waals surface area (Å²) in [5, 5.41) is 2.92. The van der Waals surface area contributed by atoms with Gasteiger partial charge in [-0.3, -0.25) is 9.78 Å². The number of amides is 1. The van der Waals surface area contributed by atoms with E-state index in [4.69, 9.17) is 14.2 Å². The van der Waals surface area contributed by atoms with E-state index in [0.717, 1.165) is 0 Å². The monoisotopic (exact) mass is 511 g/mol. The molecule has 3 aromatic rings. The lowest BCUT2D eigenvalue weighted by molar-refractivity contribution is -0.125. The summed E-state index contributed by atoms with van der Waals surface area (Å²) in [7, 11) is 0.755. The third-order valence-corrected chi connectivity index (χ3v) is 8.17. The number of ether oxygens (including phenoxy) is 3. The summed E-state index contributed by atoms with van der Waals surface area (Å²) in [6.45, 7) is 0.371. The van der Waals surface area contributed by atoms with Crippen molar-refractivity contribution in [1.82, 2.24) is 14.6 Å². The molecule has 36 heavy (non-hydrogen) atoms. The van der Waals surface area contributed by atoms with Gasteiger partial charge < -0.3 is 19.5 Å². The maximum absolute atomic E-state index is 13.5. The molecule has 1 aliphatic heterocycles. The quantitative estimate of drug-likeness (QED) is 0.471. The Morgan fingerprint density at radius 2 is 1.69 bits per heavy atom. The Bertz CT molecular complexity index is 1300.